The zero-order valence-corrected chi connectivity index (χ0v) is 11.4. The highest BCUT2D eigenvalue weighted by Gasteiger charge is 2.35. The van der Waals surface area contributed by atoms with Gasteiger partial charge < -0.3 is 9.47 Å². The summed E-state index contributed by atoms with van der Waals surface area (Å²) in [5.74, 6) is 1.11. The topological polar surface area (TPSA) is 61.6 Å². The molecule has 0 fully saturated rings. The van der Waals surface area contributed by atoms with Crippen molar-refractivity contribution >= 4 is 17.4 Å². The van der Waals surface area contributed by atoms with E-state index in [1.165, 1.54) is 11.3 Å². The third kappa shape index (κ3) is 2.04. The Hall–Kier alpha value is -2.34. The van der Waals surface area contributed by atoms with Crippen molar-refractivity contribution in [3.8, 4) is 11.5 Å². The van der Waals surface area contributed by atoms with Gasteiger partial charge in [0.25, 0.3) is 5.70 Å². The van der Waals surface area contributed by atoms with E-state index in [0.717, 1.165) is 4.88 Å². The predicted molar refractivity (Wildman–Crippen MR) is 75.7 cm³/mol. The van der Waals surface area contributed by atoms with Crippen molar-refractivity contribution in [1.82, 2.24) is 0 Å². The number of rotatable bonds is 3. The second-order valence-electron chi connectivity index (χ2n) is 4.22. The molecule has 0 amide bonds. The smallest absolute Gasteiger partial charge is 0.292 e. The van der Waals surface area contributed by atoms with Crippen molar-refractivity contribution < 1.29 is 14.4 Å². The first-order chi connectivity index (χ1) is 9.70. The SMILES string of the molecule is COc1cccc2c1OC(c1cccs1)C([N+](=O)[O-])=C2. The molecule has 0 saturated heterocycles. The van der Waals surface area contributed by atoms with Gasteiger partial charge in [0.05, 0.1) is 16.9 Å². The average Bonchev–Trinajstić information content (AvgIpc) is 2.99. The summed E-state index contributed by atoms with van der Waals surface area (Å²) in [6, 6.07) is 8.99. The minimum absolute atomic E-state index is 0.0354. The molecule has 20 heavy (non-hydrogen) atoms. The molecule has 6 heteroatoms. The maximum atomic E-state index is 11.3. The Morgan fingerprint density at radius 3 is 2.85 bits per heavy atom. The lowest BCUT2D eigenvalue weighted by Gasteiger charge is -2.23. The number of ether oxygens (including phenoxy) is 2. The largest absolute Gasteiger partial charge is 0.493 e. The number of hydrogen-bond donors (Lipinski definition) is 0. The zero-order valence-electron chi connectivity index (χ0n) is 10.6. The molecule has 3 rings (SSSR count). The number of fused-ring (bicyclic) bond motifs is 1. The van der Waals surface area contributed by atoms with Crippen LogP contribution in [0.3, 0.4) is 0 Å². The second kappa shape index (κ2) is 4.97. The number of benzene rings is 1. The van der Waals surface area contributed by atoms with Gasteiger partial charge in [-0.2, -0.15) is 0 Å². The standard InChI is InChI=1S/C14H11NO4S/c1-18-11-5-2-4-9-8-10(15(16)17)14(19-13(9)11)12-6-3-7-20-12/h2-8,14H,1H3. The molecule has 102 valence electrons. The highest BCUT2D eigenvalue weighted by Crippen LogP contribution is 2.43. The fourth-order valence-corrected chi connectivity index (χ4v) is 2.90. The van der Waals surface area contributed by atoms with Crippen molar-refractivity contribution in [3.63, 3.8) is 0 Å². The van der Waals surface area contributed by atoms with Gasteiger partial charge in [0.2, 0.25) is 6.10 Å². The Bertz CT molecular complexity index is 678. The molecule has 1 aliphatic heterocycles. The first-order valence-electron chi connectivity index (χ1n) is 5.93. The van der Waals surface area contributed by atoms with Crippen LogP contribution in [0.15, 0.2) is 41.4 Å². The minimum Gasteiger partial charge on any atom is -0.493 e. The highest BCUT2D eigenvalue weighted by atomic mass is 32.1. The normalized spacial score (nSPS) is 16.9. The molecule has 1 aliphatic rings. The van der Waals surface area contributed by atoms with Gasteiger partial charge in [0.1, 0.15) is 0 Å². The molecule has 1 aromatic carbocycles. The van der Waals surface area contributed by atoms with Crippen LogP contribution in [0.4, 0.5) is 0 Å². The van der Waals surface area contributed by atoms with Crippen molar-refractivity contribution in [2.45, 2.75) is 6.10 Å². The third-order valence-electron chi connectivity index (χ3n) is 3.05. The maximum Gasteiger partial charge on any atom is 0.292 e. The van der Waals surface area contributed by atoms with Gasteiger partial charge >= 0.3 is 0 Å². The lowest BCUT2D eigenvalue weighted by Crippen LogP contribution is -2.19. The Morgan fingerprint density at radius 1 is 1.35 bits per heavy atom. The van der Waals surface area contributed by atoms with Gasteiger partial charge in [0.15, 0.2) is 11.5 Å². The molecule has 5 nitrogen and oxygen atoms in total. The summed E-state index contributed by atoms with van der Waals surface area (Å²) >= 11 is 1.43. The van der Waals surface area contributed by atoms with Crippen molar-refractivity contribution in [2.24, 2.45) is 0 Å². The molecule has 1 unspecified atom stereocenters. The molecule has 0 N–H and O–H groups in total. The van der Waals surface area contributed by atoms with E-state index in [1.807, 2.05) is 17.5 Å². The second-order valence-corrected chi connectivity index (χ2v) is 5.20. The molecule has 0 radical (unpaired) electrons. The molecule has 0 bridgehead atoms. The summed E-state index contributed by atoms with van der Waals surface area (Å²) in [7, 11) is 1.55. The van der Waals surface area contributed by atoms with Crippen LogP contribution in [-0.2, 0) is 0 Å². The van der Waals surface area contributed by atoms with Gasteiger partial charge in [-0.25, -0.2) is 0 Å². The van der Waals surface area contributed by atoms with E-state index in [9.17, 15) is 10.1 Å². The van der Waals surface area contributed by atoms with E-state index in [4.69, 9.17) is 9.47 Å². The number of para-hydroxylation sites is 1. The van der Waals surface area contributed by atoms with Crippen LogP contribution >= 0.6 is 11.3 Å². The van der Waals surface area contributed by atoms with E-state index in [-0.39, 0.29) is 5.70 Å². The van der Waals surface area contributed by atoms with E-state index < -0.39 is 11.0 Å². The van der Waals surface area contributed by atoms with Crippen molar-refractivity contribution in [2.75, 3.05) is 7.11 Å². The predicted octanol–water partition coefficient (Wildman–Crippen LogP) is 3.51. The summed E-state index contributed by atoms with van der Waals surface area (Å²) in [6.45, 7) is 0. The monoisotopic (exact) mass is 289 g/mol. The minimum atomic E-state index is -0.700. The molecule has 0 aliphatic carbocycles. The van der Waals surface area contributed by atoms with Crippen LogP contribution in [0.1, 0.15) is 16.5 Å². The quantitative estimate of drug-likeness (QED) is 0.641. The summed E-state index contributed by atoms with van der Waals surface area (Å²) in [5.41, 5.74) is 0.692. The zero-order chi connectivity index (χ0) is 14.1. The molecular weight excluding hydrogens is 278 g/mol. The first kappa shape index (κ1) is 12.7. The number of nitrogens with zero attached hydrogens (tertiary/aromatic N) is 1. The van der Waals surface area contributed by atoms with Gasteiger partial charge in [-0.1, -0.05) is 18.2 Å². The third-order valence-corrected chi connectivity index (χ3v) is 3.96. The maximum absolute atomic E-state index is 11.3. The lowest BCUT2D eigenvalue weighted by atomic mass is 10.1. The van der Waals surface area contributed by atoms with E-state index in [1.54, 1.807) is 31.4 Å². The van der Waals surface area contributed by atoms with Crippen LogP contribution in [0.5, 0.6) is 11.5 Å². The van der Waals surface area contributed by atoms with E-state index >= 15 is 0 Å². The molecule has 1 atom stereocenters. The summed E-state index contributed by atoms with van der Waals surface area (Å²) < 4.78 is 11.1. The Morgan fingerprint density at radius 2 is 2.20 bits per heavy atom. The molecule has 0 spiro atoms. The lowest BCUT2D eigenvalue weighted by molar-refractivity contribution is -0.434. The summed E-state index contributed by atoms with van der Waals surface area (Å²) in [6.07, 6.45) is 0.847. The summed E-state index contributed by atoms with van der Waals surface area (Å²) in [5, 5.41) is 13.1. The molecule has 2 heterocycles. The van der Waals surface area contributed by atoms with Crippen LogP contribution in [0, 0.1) is 10.1 Å². The van der Waals surface area contributed by atoms with Gasteiger partial charge in [-0.3, -0.25) is 10.1 Å². The van der Waals surface area contributed by atoms with Crippen molar-refractivity contribution in [3.05, 3.63) is 62.0 Å². The van der Waals surface area contributed by atoms with Gasteiger partial charge in [-0.15, -0.1) is 11.3 Å². The van der Waals surface area contributed by atoms with Crippen LogP contribution < -0.4 is 9.47 Å². The highest BCUT2D eigenvalue weighted by molar-refractivity contribution is 7.10. The van der Waals surface area contributed by atoms with E-state index in [2.05, 4.69) is 0 Å². The van der Waals surface area contributed by atoms with E-state index in [0.29, 0.717) is 17.1 Å². The molecule has 0 saturated carbocycles. The van der Waals surface area contributed by atoms with Gasteiger partial charge in [0, 0.05) is 11.6 Å². The number of thiophene rings is 1. The van der Waals surface area contributed by atoms with Crippen molar-refractivity contribution in [1.29, 1.82) is 0 Å². The average molecular weight is 289 g/mol. The number of nitro groups is 1. The Balaban J connectivity index is 2.13. The fourth-order valence-electron chi connectivity index (χ4n) is 2.14. The molecular formula is C14H11NO4S. The van der Waals surface area contributed by atoms with Crippen LogP contribution in [0.2, 0.25) is 0 Å². The number of methoxy groups -OCH3 is 1. The Labute approximate surface area is 119 Å². The van der Waals surface area contributed by atoms with Gasteiger partial charge in [-0.05, 0) is 17.5 Å². The first-order valence-corrected chi connectivity index (χ1v) is 6.81. The molecule has 1 aromatic heterocycles. The molecule has 2 aromatic rings. The van der Waals surface area contributed by atoms with Crippen LogP contribution in [-0.4, -0.2) is 12.0 Å². The Kier molecular flexibility index (Phi) is 3.15. The van der Waals surface area contributed by atoms with Crippen LogP contribution in [0.25, 0.3) is 6.08 Å². The summed E-state index contributed by atoms with van der Waals surface area (Å²) in [4.78, 5) is 11.7. The number of hydrogen-bond acceptors (Lipinski definition) is 5. The fraction of sp³-hybridized carbons (Fsp3) is 0.143.